The highest BCUT2D eigenvalue weighted by atomic mass is 16.5. The Morgan fingerprint density at radius 1 is 0.927 bits per heavy atom. The van der Waals surface area contributed by atoms with Gasteiger partial charge in [-0.05, 0) is 81.7 Å². The van der Waals surface area contributed by atoms with Crippen molar-refractivity contribution >= 4 is 50.8 Å². The molecule has 0 saturated heterocycles. The Balaban J connectivity index is 1.58. The van der Waals surface area contributed by atoms with Crippen molar-refractivity contribution in [3.63, 3.8) is 0 Å². The Morgan fingerprint density at radius 3 is 2.39 bits per heavy atom. The second-order valence-electron chi connectivity index (χ2n) is 10.2. The molecular formula is C32H33N5O4. The SMILES string of the molecule is COC(=O)c1ccc2c(C(=Nc3ccc(N(CCCN(C)C)C(C)=O)cc3)c3ccc4[nH]ccc4c3)c(O)[nH]c2c1. The number of nitrogens with one attached hydrogen (secondary N) is 2. The molecule has 41 heavy (non-hydrogen) atoms. The molecule has 0 radical (unpaired) electrons. The molecule has 0 bridgehead atoms. The summed E-state index contributed by atoms with van der Waals surface area (Å²) in [5, 5.41) is 12.8. The highest BCUT2D eigenvalue weighted by Crippen LogP contribution is 2.33. The molecule has 0 aliphatic rings. The van der Waals surface area contributed by atoms with Gasteiger partial charge in [0.25, 0.3) is 0 Å². The van der Waals surface area contributed by atoms with Gasteiger partial charge >= 0.3 is 5.97 Å². The zero-order chi connectivity index (χ0) is 29.1. The summed E-state index contributed by atoms with van der Waals surface area (Å²) in [5.74, 6) is -0.540. The third-order valence-corrected chi connectivity index (χ3v) is 7.03. The van der Waals surface area contributed by atoms with Gasteiger partial charge in [0, 0.05) is 52.7 Å². The van der Waals surface area contributed by atoms with Crippen molar-refractivity contribution < 1.29 is 19.4 Å². The summed E-state index contributed by atoms with van der Waals surface area (Å²) < 4.78 is 4.86. The number of fused-ring (bicyclic) bond motifs is 2. The maximum absolute atomic E-state index is 12.4. The first-order valence-electron chi connectivity index (χ1n) is 13.4. The summed E-state index contributed by atoms with van der Waals surface area (Å²) in [4.78, 5) is 39.5. The molecule has 0 atom stereocenters. The first-order valence-corrected chi connectivity index (χ1v) is 13.4. The maximum atomic E-state index is 12.4. The third-order valence-electron chi connectivity index (χ3n) is 7.03. The number of carbonyl (C=O) groups excluding carboxylic acids is 2. The second kappa shape index (κ2) is 11.7. The fourth-order valence-corrected chi connectivity index (χ4v) is 4.98. The highest BCUT2D eigenvalue weighted by Gasteiger charge is 2.21. The number of nitrogens with zero attached hydrogens (tertiary/aromatic N) is 3. The number of anilines is 1. The molecule has 0 aliphatic carbocycles. The molecule has 2 heterocycles. The number of aromatic hydroxyl groups is 1. The van der Waals surface area contributed by atoms with Crippen LogP contribution >= 0.6 is 0 Å². The number of aromatic nitrogens is 2. The molecule has 0 unspecified atom stereocenters. The van der Waals surface area contributed by atoms with Crippen LogP contribution in [-0.4, -0.2) is 71.9 Å². The highest BCUT2D eigenvalue weighted by molar-refractivity contribution is 6.22. The van der Waals surface area contributed by atoms with E-state index in [0.29, 0.717) is 40.0 Å². The van der Waals surface area contributed by atoms with Crippen molar-refractivity contribution in [1.29, 1.82) is 0 Å². The van der Waals surface area contributed by atoms with Crippen LogP contribution < -0.4 is 4.90 Å². The molecular weight excluding hydrogens is 518 g/mol. The minimum absolute atomic E-state index is 0.0180. The molecule has 5 aromatic rings. The minimum Gasteiger partial charge on any atom is -0.494 e. The normalized spacial score (nSPS) is 11.9. The molecule has 3 aromatic carbocycles. The van der Waals surface area contributed by atoms with Crippen LogP contribution in [0.1, 0.15) is 34.8 Å². The van der Waals surface area contributed by atoms with Crippen molar-refractivity contribution in [1.82, 2.24) is 14.9 Å². The van der Waals surface area contributed by atoms with Gasteiger partial charge in [-0.15, -0.1) is 0 Å². The van der Waals surface area contributed by atoms with Gasteiger partial charge in [-0.2, -0.15) is 0 Å². The van der Waals surface area contributed by atoms with Gasteiger partial charge in [-0.1, -0.05) is 12.1 Å². The Hall–Kier alpha value is -4.89. The summed E-state index contributed by atoms with van der Waals surface area (Å²) in [6.07, 6.45) is 2.73. The number of aromatic amines is 2. The van der Waals surface area contributed by atoms with Crippen LogP contribution in [0.2, 0.25) is 0 Å². The summed E-state index contributed by atoms with van der Waals surface area (Å²) in [6, 6.07) is 20.5. The average molecular weight is 552 g/mol. The number of amides is 1. The maximum Gasteiger partial charge on any atom is 0.337 e. The van der Waals surface area contributed by atoms with E-state index in [0.717, 1.165) is 35.1 Å². The van der Waals surface area contributed by atoms with E-state index in [1.807, 2.05) is 68.8 Å². The number of esters is 1. The zero-order valence-corrected chi connectivity index (χ0v) is 23.6. The number of H-pyrrole nitrogens is 2. The van der Waals surface area contributed by atoms with E-state index < -0.39 is 5.97 Å². The lowest BCUT2D eigenvalue weighted by Crippen LogP contribution is -2.31. The molecule has 3 N–H and O–H groups in total. The molecule has 9 heteroatoms. The van der Waals surface area contributed by atoms with Gasteiger partial charge < -0.3 is 29.6 Å². The topological polar surface area (TPSA) is 114 Å². The van der Waals surface area contributed by atoms with Gasteiger partial charge in [0.2, 0.25) is 5.91 Å². The average Bonchev–Trinajstić information content (AvgIpc) is 3.56. The molecule has 2 aromatic heterocycles. The van der Waals surface area contributed by atoms with Crippen molar-refractivity contribution in [3.8, 4) is 5.88 Å². The van der Waals surface area contributed by atoms with E-state index >= 15 is 0 Å². The molecule has 0 fully saturated rings. The Labute approximate surface area is 238 Å². The van der Waals surface area contributed by atoms with Crippen LogP contribution in [0.5, 0.6) is 5.88 Å². The van der Waals surface area contributed by atoms with E-state index in [1.165, 1.54) is 7.11 Å². The predicted octanol–water partition coefficient (Wildman–Crippen LogP) is 5.62. The number of ether oxygens (including phenoxy) is 1. The standard InChI is InChI=1S/C32H33N5O4/c1-20(38)37(17-5-16-36(2)3)25-10-8-24(9-11-25)34-30(22-7-13-27-21(18-22)14-15-33-27)29-26-12-6-23(32(40)41-4)19-28(26)35-31(29)39/h6-15,18-19,33,35,39H,5,16-17H2,1-4H3. The molecule has 0 aliphatic heterocycles. The lowest BCUT2D eigenvalue weighted by molar-refractivity contribution is -0.116. The van der Waals surface area contributed by atoms with Crippen molar-refractivity contribution in [2.24, 2.45) is 4.99 Å². The number of carbonyl (C=O) groups is 2. The van der Waals surface area contributed by atoms with Crippen molar-refractivity contribution in [2.45, 2.75) is 13.3 Å². The fourth-order valence-electron chi connectivity index (χ4n) is 4.98. The van der Waals surface area contributed by atoms with Crippen LogP contribution in [0.3, 0.4) is 0 Å². The lowest BCUT2D eigenvalue weighted by Gasteiger charge is -2.22. The second-order valence-corrected chi connectivity index (χ2v) is 10.2. The minimum atomic E-state index is -0.462. The van der Waals surface area contributed by atoms with Gasteiger partial charge in [-0.3, -0.25) is 4.79 Å². The van der Waals surface area contributed by atoms with Gasteiger partial charge in [0.05, 0.1) is 29.6 Å². The Bertz CT molecular complexity index is 1750. The smallest absolute Gasteiger partial charge is 0.337 e. The van der Waals surface area contributed by atoms with Crippen LogP contribution in [0.25, 0.3) is 21.8 Å². The number of methoxy groups -OCH3 is 1. The first kappa shape index (κ1) is 27.7. The van der Waals surface area contributed by atoms with Crippen LogP contribution in [0, 0.1) is 0 Å². The zero-order valence-electron chi connectivity index (χ0n) is 23.6. The molecule has 0 saturated carbocycles. The van der Waals surface area contributed by atoms with Gasteiger partial charge in [0.15, 0.2) is 5.88 Å². The van der Waals surface area contributed by atoms with Gasteiger partial charge in [-0.25, -0.2) is 9.79 Å². The van der Waals surface area contributed by atoms with E-state index in [-0.39, 0.29) is 11.8 Å². The van der Waals surface area contributed by atoms with E-state index in [9.17, 15) is 14.7 Å². The van der Waals surface area contributed by atoms with Crippen molar-refractivity contribution in [2.75, 3.05) is 39.2 Å². The predicted molar refractivity (Wildman–Crippen MR) is 163 cm³/mol. The molecule has 210 valence electrons. The summed E-state index contributed by atoms with van der Waals surface area (Å²) in [6.45, 7) is 3.08. The van der Waals surface area contributed by atoms with E-state index in [1.54, 1.807) is 30.0 Å². The van der Waals surface area contributed by atoms with Crippen LogP contribution in [-0.2, 0) is 9.53 Å². The summed E-state index contributed by atoms with van der Waals surface area (Å²) in [5.41, 5.74) is 5.29. The fraction of sp³-hybridized carbons (Fsp3) is 0.219. The molecule has 1 amide bonds. The van der Waals surface area contributed by atoms with Gasteiger partial charge in [0.1, 0.15) is 0 Å². The quantitative estimate of drug-likeness (QED) is 0.163. The number of hydrogen-bond donors (Lipinski definition) is 3. The number of benzene rings is 3. The van der Waals surface area contributed by atoms with Crippen molar-refractivity contribution in [3.05, 3.63) is 89.6 Å². The Morgan fingerprint density at radius 2 is 1.68 bits per heavy atom. The molecule has 0 spiro atoms. The van der Waals surface area contributed by atoms with E-state index in [4.69, 9.17) is 9.73 Å². The Kier molecular flexibility index (Phi) is 7.89. The molecule has 5 rings (SSSR count). The van der Waals surface area contributed by atoms with Crippen LogP contribution in [0.4, 0.5) is 11.4 Å². The van der Waals surface area contributed by atoms with E-state index in [2.05, 4.69) is 14.9 Å². The summed E-state index contributed by atoms with van der Waals surface area (Å²) in [7, 11) is 5.36. The largest absolute Gasteiger partial charge is 0.494 e. The molecule has 9 nitrogen and oxygen atoms in total. The number of aliphatic imine (C=N–C) groups is 1. The lowest BCUT2D eigenvalue weighted by atomic mass is 9.99. The summed E-state index contributed by atoms with van der Waals surface area (Å²) >= 11 is 0. The first-order chi connectivity index (χ1) is 19.7. The van der Waals surface area contributed by atoms with Crippen LogP contribution in [0.15, 0.2) is 77.9 Å². The number of rotatable bonds is 9. The number of hydrogen-bond acceptors (Lipinski definition) is 6. The third kappa shape index (κ3) is 5.85. The monoisotopic (exact) mass is 551 g/mol.